The number of carbonyl (C=O) groups excluding carboxylic acids is 1. The highest BCUT2D eigenvalue weighted by atomic mass is 16.1. The van der Waals surface area contributed by atoms with Gasteiger partial charge in [0.15, 0.2) is 6.29 Å². The summed E-state index contributed by atoms with van der Waals surface area (Å²) in [6.45, 7) is 0.263. The minimum Gasteiger partial charge on any atom is -0.320 e. The molecule has 0 rings (SSSR count). The summed E-state index contributed by atoms with van der Waals surface area (Å²) in [5.41, 5.74) is 4.88. The third-order valence-corrected chi connectivity index (χ3v) is 0.263. The van der Waals surface area contributed by atoms with E-state index in [9.17, 15) is 4.79 Å². The molecule has 0 aromatic rings. The SMILES string of the molecule is NCC#CC=O. The molecule has 2 heteroatoms. The fourth-order valence-corrected chi connectivity index (χ4v) is 0.101. The van der Waals surface area contributed by atoms with Crippen molar-refractivity contribution in [3.8, 4) is 11.8 Å². The maximum Gasteiger partial charge on any atom is 0.192 e. The normalized spacial score (nSPS) is 5.50. The van der Waals surface area contributed by atoms with Crippen LogP contribution in [0.2, 0.25) is 0 Å². The molecule has 0 aliphatic carbocycles. The molecule has 0 fully saturated rings. The number of carbonyl (C=O) groups is 1. The third-order valence-electron chi connectivity index (χ3n) is 0.263. The van der Waals surface area contributed by atoms with Gasteiger partial charge in [-0.05, 0) is 5.92 Å². The van der Waals surface area contributed by atoms with Crippen LogP contribution in [0.25, 0.3) is 0 Å². The van der Waals surface area contributed by atoms with Crippen molar-refractivity contribution in [2.24, 2.45) is 5.73 Å². The summed E-state index contributed by atoms with van der Waals surface area (Å²) in [4.78, 5) is 9.33. The highest BCUT2D eigenvalue weighted by molar-refractivity contribution is 5.72. The molecule has 0 aliphatic rings. The van der Waals surface area contributed by atoms with E-state index in [1.54, 1.807) is 0 Å². The van der Waals surface area contributed by atoms with Gasteiger partial charge in [0.05, 0.1) is 6.54 Å². The van der Waals surface area contributed by atoms with Gasteiger partial charge in [-0.1, -0.05) is 5.92 Å². The molecule has 0 aromatic heterocycles. The second kappa shape index (κ2) is 4.19. The molecule has 0 unspecified atom stereocenters. The lowest BCUT2D eigenvalue weighted by Crippen LogP contribution is -1.92. The lowest BCUT2D eigenvalue weighted by atomic mass is 10.6. The predicted octanol–water partition coefficient (Wildman–Crippen LogP) is -0.853. The van der Waals surface area contributed by atoms with Gasteiger partial charge in [-0.3, -0.25) is 4.79 Å². The van der Waals surface area contributed by atoms with Crippen molar-refractivity contribution in [2.75, 3.05) is 6.54 Å². The van der Waals surface area contributed by atoms with Gasteiger partial charge in [0.25, 0.3) is 0 Å². The van der Waals surface area contributed by atoms with Crippen LogP contribution in [0, 0.1) is 11.8 Å². The van der Waals surface area contributed by atoms with E-state index in [-0.39, 0.29) is 6.54 Å². The van der Waals surface area contributed by atoms with Crippen LogP contribution < -0.4 is 5.73 Å². The van der Waals surface area contributed by atoms with Gasteiger partial charge in [0.1, 0.15) is 0 Å². The van der Waals surface area contributed by atoms with Crippen LogP contribution in [0.4, 0.5) is 0 Å². The summed E-state index contributed by atoms with van der Waals surface area (Å²) in [5, 5.41) is 0. The van der Waals surface area contributed by atoms with Crippen LogP contribution in [0.15, 0.2) is 0 Å². The van der Waals surface area contributed by atoms with Gasteiger partial charge in [0, 0.05) is 0 Å². The Morgan fingerprint density at radius 3 is 2.67 bits per heavy atom. The van der Waals surface area contributed by atoms with Crippen molar-refractivity contribution < 1.29 is 4.79 Å². The molecule has 0 aliphatic heterocycles. The Hall–Kier alpha value is -0.810. The Balaban J connectivity index is 3.13. The molecule has 0 saturated carbocycles. The van der Waals surface area contributed by atoms with Crippen molar-refractivity contribution in [2.45, 2.75) is 0 Å². The fraction of sp³-hybridized carbons (Fsp3) is 0.250. The van der Waals surface area contributed by atoms with E-state index in [1.807, 2.05) is 0 Å². The van der Waals surface area contributed by atoms with Crippen molar-refractivity contribution >= 4 is 6.29 Å². The van der Waals surface area contributed by atoms with E-state index >= 15 is 0 Å². The number of hydrogen-bond donors (Lipinski definition) is 1. The zero-order chi connectivity index (χ0) is 4.83. The molecule has 6 heavy (non-hydrogen) atoms. The molecule has 0 amide bonds. The van der Waals surface area contributed by atoms with Crippen LogP contribution >= 0.6 is 0 Å². The number of hydrogen-bond acceptors (Lipinski definition) is 2. The van der Waals surface area contributed by atoms with Crippen molar-refractivity contribution in [3.63, 3.8) is 0 Å². The average molecular weight is 83.1 g/mol. The van der Waals surface area contributed by atoms with Crippen molar-refractivity contribution in [3.05, 3.63) is 0 Å². The van der Waals surface area contributed by atoms with Crippen molar-refractivity contribution in [1.82, 2.24) is 0 Å². The lowest BCUT2D eigenvalue weighted by molar-refractivity contribution is -0.103. The molecular formula is C4H5NO. The third kappa shape index (κ3) is 3.19. The van der Waals surface area contributed by atoms with Crippen molar-refractivity contribution in [1.29, 1.82) is 0 Å². The first kappa shape index (κ1) is 5.19. The Morgan fingerprint density at radius 2 is 2.50 bits per heavy atom. The molecule has 0 spiro atoms. The highest BCUT2D eigenvalue weighted by Gasteiger charge is 1.53. The highest BCUT2D eigenvalue weighted by Crippen LogP contribution is 1.39. The molecule has 0 radical (unpaired) electrons. The summed E-state index contributed by atoms with van der Waals surface area (Å²) in [5.74, 6) is 4.50. The van der Waals surface area contributed by atoms with Gasteiger partial charge in [0.2, 0.25) is 0 Å². The summed E-state index contributed by atoms with van der Waals surface area (Å²) in [7, 11) is 0. The number of aldehydes is 1. The predicted molar refractivity (Wildman–Crippen MR) is 22.9 cm³/mol. The first-order valence-electron chi connectivity index (χ1n) is 1.54. The molecule has 0 saturated heterocycles. The summed E-state index contributed by atoms with van der Waals surface area (Å²) < 4.78 is 0. The first-order chi connectivity index (χ1) is 2.91. The first-order valence-corrected chi connectivity index (χ1v) is 1.54. The van der Waals surface area contributed by atoms with Gasteiger partial charge < -0.3 is 5.73 Å². The van der Waals surface area contributed by atoms with Gasteiger partial charge >= 0.3 is 0 Å². The van der Waals surface area contributed by atoms with Crippen LogP contribution in [0.1, 0.15) is 0 Å². The zero-order valence-corrected chi connectivity index (χ0v) is 3.27. The molecule has 0 heterocycles. The number of rotatable bonds is 0. The average Bonchev–Trinajstić information content (AvgIpc) is 1.61. The van der Waals surface area contributed by atoms with Gasteiger partial charge in [-0.2, -0.15) is 0 Å². The minimum absolute atomic E-state index is 0.263. The monoisotopic (exact) mass is 83.0 g/mol. The molecule has 2 N–H and O–H groups in total. The second-order valence-electron chi connectivity index (χ2n) is 0.643. The number of nitrogens with two attached hydrogens (primary N) is 1. The standard InChI is InChI=1S/C4H5NO/c5-3-1-2-4-6/h4H,3,5H2. The topological polar surface area (TPSA) is 43.1 Å². The Kier molecular flexibility index (Phi) is 3.62. The Labute approximate surface area is 36.3 Å². The quantitative estimate of drug-likeness (QED) is 0.306. The van der Waals surface area contributed by atoms with Crippen LogP contribution in [-0.2, 0) is 4.79 Å². The van der Waals surface area contributed by atoms with Gasteiger partial charge in [-0.25, -0.2) is 0 Å². The summed E-state index contributed by atoms with van der Waals surface area (Å²) in [6.07, 6.45) is 0.521. The Bertz CT molecular complexity index is 87.5. The summed E-state index contributed by atoms with van der Waals surface area (Å²) >= 11 is 0. The van der Waals surface area contributed by atoms with Crippen LogP contribution in [0.5, 0.6) is 0 Å². The van der Waals surface area contributed by atoms with Crippen LogP contribution in [0.3, 0.4) is 0 Å². The second-order valence-corrected chi connectivity index (χ2v) is 0.643. The van der Waals surface area contributed by atoms with E-state index < -0.39 is 0 Å². The summed E-state index contributed by atoms with van der Waals surface area (Å²) in [6, 6.07) is 0. The maximum absolute atomic E-state index is 9.33. The zero-order valence-electron chi connectivity index (χ0n) is 3.27. The van der Waals surface area contributed by atoms with Gasteiger partial charge in [-0.15, -0.1) is 0 Å². The smallest absolute Gasteiger partial charge is 0.192 e. The van der Waals surface area contributed by atoms with E-state index in [4.69, 9.17) is 5.73 Å². The van der Waals surface area contributed by atoms with E-state index in [2.05, 4.69) is 11.8 Å². The molecular weight excluding hydrogens is 78.0 g/mol. The van der Waals surface area contributed by atoms with Crippen LogP contribution in [-0.4, -0.2) is 12.8 Å². The minimum atomic E-state index is 0.263. The Morgan fingerprint density at radius 1 is 1.83 bits per heavy atom. The van der Waals surface area contributed by atoms with E-state index in [1.165, 1.54) is 0 Å². The maximum atomic E-state index is 9.33. The fourth-order valence-electron chi connectivity index (χ4n) is 0.101. The molecule has 0 atom stereocenters. The lowest BCUT2D eigenvalue weighted by Gasteiger charge is -1.60. The van der Waals surface area contributed by atoms with E-state index in [0.29, 0.717) is 6.29 Å². The van der Waals surface area contributed by atoms with E-state index in [0.717, 1.165) is 0 Å². The largest absolute Gasteiger partial charge is 0.320 e. The molecule has 32 valence electrons. The molecule has 0 bridgehead atoms. The molecule has 2 nitrogen and oxygen atoms in total. The molecule has 0 aromatic carbocycles.